The molecule has 0 aliphatic carbocycles. The Balaban J connectivity index is 2.30. The van der Waals surface area contributed by atoms with E-state index in [0.29, 0.717) is 12.4 Å². The summed E-state index contributed by atoms with van der Waals surface area (Å²) in [6.07, 6.45) is 2.72. The number of hydrogen-bond acceptors (Lipinski definition) is 5. The van der Waals surface area contributed by atoms with E-state index in [1.54, 1.807) is 11.6 Å². The Morgan fingerprint density at radius 2 is 2.21 bits per heavy atom. The first-order chi connectivity index (χ1) is 9.10. The van der Waals surface area contributed by atoms with Crippen molar-refractivity contribution in [3.05, 3.63) is 62.7 Å². The van der Waals surface area contributed by atoms with Crippen LogP contribution in [-0.2, 0) is 6.54 Å². The molecule has 0 atom stereocenters. The van der Waals surface area contributed by atoms with Crippen molar-refractivity contribution in [2.75, 3.05) is 12.4 Å². The molecule has 0 saturated heterocycles. The summed E-state index contributed by atoms with van der Waals surface area (Å²) in [4.78, 5) is 25.6. The quantitative estimate of drug-likeness (QED) is 0.659. The summed E-state index contributed by atoms with van der Waals surface area (Å²) in [5.41, 5.74) is -0.296. The fraction of sp³-hybridized carbons (Fsp3) is 0.167. The highest BCUT2D eigenvalue weighted by molar-refractivity contribution is 5.34. The lowest BCUT2D eigenvalue weighted by atomic mass is 10.3. The smallest absolute Gasteiger partial charge is 0.332 e. The highest BCUT2D eigenvalue weighted by Crippen LogP contribution is 2.08. The normalized spacial score (nSPS) is 10.2. The lowest BCUT2D eigenvalue weighted by Gasteiger charge is -2.07. The number of pyridine rings is 2. The van der Waals surface area contributed by atoms with Gasteiger partial charge in [0.05, 0.1) is 23.4 Å². The molecule has 0 amide bonds. The van der Waals surface area contributed by atoms with Gasteiger partial charge in [-0.2, -0.15) is 0 Å². The fourth-order valence-corrected chi connectivity index (χ4v) is 1.64. The first kappa shape index (κ1) is 12.7. The van der Waals surface area contributed by atoms with Crippen LogP contribution in [-0.4, -0.2) is 21.5 Å². The second-order valence-electron chi connectivity index (χ2n) is 3.89. The van der Waals surface area contributed by atoms with E-state index in [1.807, 2.05) is 18.2 Å². The number of nitrogens with zero attached hydrogens (tertiary/aromatic N) is 3. The van der Waals surface area contributed by atoms with Crippen molar-refractivity contribution in [2.45, 2.75) is 6.54 Å². The molecule has 0 aromatic carbocycles. The van der Waals surface area contributed by atoms with Crippen molar-refractivity contribution in [2.24, 2.45) is 0 Å². The van der Waals surface area contributed by atoms with Gasteiger partial charge >= 0.3 is 5.69 Å². The van der Waals surface area contributed by atoms with Crippen LogP contribution in [0.5, 0.6) is 0 Å². The summed E-state index contributed by atoms with van der Waals surface area (Å²) in [5, 5.41) is 13.6. The zero-order chi connectivity index (χ0) is 13.8. The molecule has 0 spiro atoms. The van der Waals surface area contributed by atoms with Crippen molar-refractivity contribution < 1.29 is 4.92 Å². The van der Waals surface area contributed by atoms with Crippen LogP contribution in [0.2, 0.25) is 0 Å². The van der Waals surface area contributed by atoms with Gasteiger partial charge in [0.2, 0.25) is 0 Å². The summed E-state index contributed by atoms with van der Waals surface area (Å²) < 4.78 is 1.56. The standard InChI is InChI=1S/C12H12N4O3/c1-13-12-4-2-3-9(14-12)7-15-6-5-11(17)10(8-15)16(18)19/h2-6,8H,7H2,1H3,(H,13,14). The van der Waals surface area contributed by atoms with Crippen LogP contribution in [0.25, 0.3) is 0 Å². The van der Waals surface area contributed by atoms with E-state index >= 15 is 0 Å². The van der Waals surface area contributed by atoms with Gasteiger partial charge in [0.15, 0.2) is 0 Å². The Bertz CT molecular complexity index is 666. The number of nitrogens with one attached hydrogen (secondary N) is 1. The molecule has 0 radical (unpaired) electrons. The first-order valence-corrected chi connectivity index (χ1v) is 5.58. The molecular weight excluding hydrogens is 248 g/mol. The van der Waals surface area contributed by atoms with Gasteiger partial charge in [0.25, 0.3) is 5.43 Å². The van der Waals surface area contributed by atoms with Gasteiger partial charge in [0, 0.05) is 19.3 Å². The molecule has 2 aromatic rings. The minimum atomic E-state index is -0.684. The molecule has 0 unspecified atom stereocenters. The number of hydrogen-bond donors (Lipinski definition) is 1. The van der Waals surface area contributed by atoms with Gasteiger partial charge in [-0.15, -0.1) is 0 Å². The zero-order valence-corrected chi connectivity index (χ0v) is 10.2. The molecule has 2 heterocycles. The van der Waals surface area contributed by atoms with Crippen molar-refractivity contribution in [3.8, 4) is 0 Å². The Morgan fingerprint density at radius 1 is 1.42 bits per heavy atom. The van der Waals surface area contributed by atoms with Crippen LogP contribution < -0.4 is 10.7 Å². The second-order valence-corrected chi connectivity index (χ2v) is 3.89. The lowest BCUT2D eigenvalue weighted by Crippen LogP contribution is -2.12. The van der Waals surface area contributed by atoms with Gasteiger partial charge in [-0.3, -0.25) is 14.9 Å². The third-order valence-corrected chi connectivity index (χ3v) is 2.56. The fourth-order valence-electron chi connectivity index (χ4n) is 1.64. The predicted molar refractivity (Wildman–Crippen MR) is 70.2 cm³/mol. The van der Waals surface area contributed by atoms with Crippen molar-refractivity contribution in [1.29, 1.82) is 0 Å². The van der Waals surface area contributed by atoms with Crippen LogP contribution in [0.15, 0.2) is 41.5 Å². The summed E-state index contributed by atoms with van der Waals surface area (Å²) in [5.74, 6) is 0.716. The van der Waals surface area contributed by atoms with Gasteiger partial charge in [0.1, 0.15) is 5.82 Å². The molecule has 0 saturated carbocycles. The van der Waals surface area contributed by atoms with E-state index in [4.69, 9.17) is 0 Å². The van der Waals surface area contributed by atoms with Gasteiger partial charge in [-0.25, -0.2) is 4.98 Å². The van der Waals surface area contributed by atoms with Crippen LogP contribution in [0, 0.1) is 10.1 Å². The summed E-state index contributed by atoms with van der Waals surface area (Å²) in [6, 6.07) is 6.65. The minimum absolute atomic E-state index is 0.358. The van der Waals surface area contributed by atoms with Gasteiger partial charge in [-0.05, 0) is 12.1 Å². The molecule has 7 nitrogen and oxygen atoms in total. The van der Waals surface area contributed by atoms with E-state index in [1.165, 1.54) is 18.5 Å². The van der Waals surface area contributed by atoms with Crippen LogP contribution in [0.1, 0.15) is 5.69 Å². The van der Waals surface area contributed by atoms with E-state index in [2.05, 4.69) is 10.3 Å². The maximum atomic E-state index is 11.3. The molecule has 98 valence electrons. The third-order valence-electron chi connectivity index (χ3n) is 2.56. The molecule has 1 N–H and O–H groups in total. The van der Waals surface area contributed by atoms with Gasteiger partial charge in [-0.1, -0.05) is 6.07 Å². The Kier molecular flexibility index (Phi) is 3.56. The van der Waals surface area contributed by atoms with Crippen LogP contribution in [0.4, 0.5) is 11.5 Å². The Hall–Kier alpha value is -2.70. The monoisotopic (exact) mass is 260 g/mol. The van der Waals surface area contributed by atoms with E-state index in [0.717, 1.165) is 5.69 Å². The van der Waals surface area contributed by atoms with Crippen molar-refractivity contribution in [1.82, 2.24) is 9.55 Å². The van der Waals surface area contributed by atoms with Crippen LogP contribution in [0.3, 0.4) is 0 Å². The van der Waals surface area contributed by atoms with Gasteiger partial charge < -0.3 is 9.88 Å². The number of rotatable bonds is 4. The largest absolute Gasteiger partial charge is 0.373 e. The highest BCUT2D eigenvalue weighted by Gasteiger charge is 2.11. The Labute approximate surface area is 108 Å². The molecule has 0 aliphatic rings. The summed E-state index contributed by atoms with van der Waals surface area (Å²) in [6.45, 7) is 0.358. The molecule has 7 heteroatoms. The van der Waals surface area contributed by atoms with E-state index < -0.39 is 16.0 Å². The third kappa shape index (κ3) is 2.95. The maximum absolute atomic E-state index is 11.3. The maximum Gasteiger partial charge on any atom is 0.332 e. The number of nitro groups is 1. The summed E-state index contributed by atoms with van der Waals surface area (Å²) >= 11 is 0. The minimum Gasteiger partial charge on any atom is -0.373 e. The molecule has 0 fully saturated rings. The second kappa shape index (κ2) is 5.30. The first-order valence-electron chi connectivity index (χ1n) is 5.58. The molecule has 2 rings (SSSR count). The van der Waals surface area contributed by atoms with E-state index in [9.17, 15) is 14.9 Å². The average molecular weight is 260 g/mol. The Morgan fingerprint density at radius 3 is 2.89 bits per heavy atom. The topological polar surface area (TPSA) is 90.1 Å². The van der Waals surface area contributed by atoms with E-state index in [-0.39, 0.29) is 0 Å². The highest BCUT2D eigenvalue weighted by atomic mass is 16.6. The summed E-state index contributed by atoms with van der Waals surface area (Å²) in [7, 11) is 1.76. The van der Waals surface area contributed by atoms with Crippen molar-refractivity contribution >= 4 is 11.5 Å². The van der Waals surface area contributed by atoms with Crippen molar-refractivity contribution in [3.63, 3.8) is 0 Å². The van der Waals surface area contributed by atoms with Crippen LogP contribution >= 0.6 is 0 Å². The zero-order valence-electron chi connectivity index (χ0n) is 10.2. The predicted octanol–water partition coefficient (Wildman–Crippen LogP) is 1.24. The SMILES string of the molecule is CNc1cccc(Cn2ccc(=O)c([N+](=O)[O-])c2)n1. The molecule has 0 aliphatic heterocycles. The molecule has 0 bridgehead atoms. The molecule has 19 heavy (non-hydrogen) atoms. The number of aromatic nitrogens is 2. The number of anilines is 1. The molecule has 2 aromatic heterocycles. The molecular formula is C12H12N4O3. The average Bonchev–Trinajstić information content (AvgIpc) is 2.41. The lowest BCUT2D eigenvalue weighted by molar-refractivity contribution is -0.386.